The molecule has 7 aliphatic rings. The van der Waals surface area contributed by atoms with Gasteiger partial charge in [-0.25, -0.2) is 24.9 Å². The first-order valence-electron chi connectivity index (χ1n) is 39.5. The average molecular weight is 1430 g/mol. The number of hydrogen-bond donors (Lipinski definition) is 0. The van der Waals surface area contributed by atoms with Crippen LogP contribution in [0.3, 0.4) is 0 Å². The first-order valence-corrected chi connectivity index (χ1v) is 39.5. The van der Waals surface area contributed by atoms with Crippen LogP contribution < -0.4 is 0 Å². The summed E-state index contributed by atoms with van der Waals surface area (Å²) < 4.78 is 1.03. The standard InChI is InChI=1S/C16H33N.C14H30N2.C13H27N.C12H27N3.C12H27N2.C11H24N2.C9H21N3/c1-12(2)13(3,4)15(7,8)17(11)16(9,10)14(12,5)6;1-11(2)12(3,4)16(10)14(7,8)13(5,6)15(11)9;1-10(2)11(3,4)13(7,8)14(9)12(10,5)6;1-10(2)13(7)11(3,4)15(9)12(5,6)14(10)8;1-10(2)11(3,4)14(8,9)12(5,6)13(10)7;1-9(2)10(3,4)12(7)13(8)11(9,5)6;1-8(2)10(5)9(3,4)12(7)11(8)6/h1-11H3;1-10H3;1-9H3;1-9H3;1-9H3;1-8H3;1-7H3/q;;;;+1;;. The molecule has 7 fully saturated rings. The highest BCUT2D eigenvalue weighted by molar-refractivity contribution is 5.22. The summed E-state index contributed by atoms with van der Waals surface area (Å²) in [4.78, 5) is 22.4. The lowest BCUT2D eigenvalue weighted by Gasteiger charge is -2.73. The van der Waals surface area contributed by atoms with E-state index in [9.17, 15) is 0 Å². The van der Waals surface area contributed by atoms with Crippen molar-refractivity contribution in [3.8, 4) is 0 Å². The summed E-state index contributed by atoms with van der Waals surface area (Å²) in [6, 6.07) is 0. The lowest BCUT2D eigenvalue weighted by molar-refractivity contribution is -0.973. The average Bonchev–Trinajstić information content (AvgIpc) is 1.67. The minimum atomic E-state index is 0.0690. The molecule has 0 aromatic carbocycles. The van der Waals surface area contributed by atoms with Gasteiger partial charge in [0.1, 0.15) is 11.2 Å². The molecule has 7 saturated heterocycles. The van der Waals surface area contributed by atoms with Gasteiger partial charge in [-0.3, -0.25) is 39.2 Å². The van der Waals surface area contributed by atoms with Crippen molar-refractivity contribution in [3.63, 3.8) is 0 Å². The van der Waals surface area contributed by atoms with Crippen molar-refractivity contribution >= 4 is 0 Å². The summed E-state index contributed by atoms with van der Waals surface area (Å²) in [5.74, 6) is 0. The fourth-order valence-electron chi connectivity index (χ4n) is 19.6. The maximum atomic E-state index is 2.59. The normalized spacial score (nSPS) is 32.6. The molecule has 0 atom stereocenters. The second-order valence-corrected chi connectivity index (χ2v) is 46.0. The third kappa shape index (κ3) is 13.4. The third-order valence-corrected chi connectivity index (χ3v) is 40.2. The highest BCUT2D eigenvalue weighted by Gasteiger charge is 2.70. The Morgan fingerprint density at radius 1 is 0.149 bits per heavy atom. The quantitative estimate of drug-likeness (QED) is 0.217. The van der Waals surface area contributed by atoms with Crippen LogP contribution in [0.15, 0.2) is 0 Å². The highest BCUT2D eigenvalue weighted by atomic mass is 15.8. The summed E-state index contributed by atoms with van der Waals surface area (Å²) in [5.41, 5.74) is 4.72. The molecule has 0 radical (unpaired) electrons. The van der Waals surface area contributed by atoms with Crippen LogP contribution >= 0.6 is 0 Å². The van der Waals surface area contributed by atoms with Gasteiger partial charge in [-0.2, -0.15) is 0 Å². The largest absolute Gasteiger partial charge is 0.306 e. The molecule has 0 aliphatic carbocycles. The zero-order valence-corrected chi connectivity index (χ0v) is 81.3. The minimum Gasteiger partial charge on any atom is -0.306 e. The van der Waals surface area contributed by atoms with Crippen molar-refractivity contribution in [1.82, 2.24) is 64.1 Å². The second kappa shape index (κ2) is 27.1. The van der Waals surface area contributed by atoms with Crippen LogP contribution in [0, 0.1) is 32.5 Å². The Bertz CT molecular complexity index is 2520. The van der Waals surface area contributed by atoms with Gasteiger partial charge in [-0.05, 0) is 326 Å². The minimum absolute atomic E-state index is 0.0690. The fraction of sp³-hybridized carbons (Fsp3) is 1.00. The monoisotopic (exact) mass is 1430 g/mol. The van der Waals surface area contributed by atoms with E-state index < -0.39 is 0 Å². The Morgan fingerprint density at radius 3 is 0.426 bits per heavy atom. The third-order valence-electron chi connectivity index (χ3n) is 40.2. The van der Waals surface area contributed by atoms with Crippen molar-refractivity contribution in [2.24, 2.45) is 32.5 Å². The topological polar surface area (TPSA) is 42.1 Å². The summed E-state index contributed by atoms with van der Waals surface area (Å²) in [6.07, 6.45) is 0. The van der Waals surface area contributed by atoms with E-state index in [0.717, 1.165) is 4.48 Å². The van der Waals surface area contributed by atoms with Crippen molar-refractivity contribution in [2.45, 2.75) is 433 Å². The van der Waals surface area contributed by atoms with E-state index >= 15 is 0 Å². The van der Waals surface area contributed by atoms with Gasteiger partial charge >= 0.3 is 0 Å². The molecule has 0 amide bonds. The van der Waals surface area contributed by atoms with Crippen LogP contribution in [0.2, 0.25) is 0 Å². The maximum absolute atomic E-state index is 2.59. The van der Waals surface area contributed by atoms with Crippen LogP contribution in [0.5, 0.6) is 0 Å². The number of piperazine rings is 1. The van der Waals surface area contributed by atoms with Gasteiger partial charge in [0.15, 0.2) is 0 Å². The Morgan fingerprint density at radius 2 is 0.317 bits per heavy atom. The van der Waals surface area contributed by atoms with Crippen molar-refractivity contribution in [2.75, 3.05) is 106 Å². The Balaban J connectivity index is 0.000000591. The van der Waals surface area contributed by atoms with E-state index in [0.29, 0.717) is 10.8 Å². The molecule has 0 N–H and O–H groups in total. The van der Waals surface area contributed by atoms with Gasteiger partial charge in [-0.1, -0.05) is 83.1 Å². The molecule has 0 bridgehead atoms. The summed E-state index contributed by atoms with van der Waals surface area (Å²) in [5, 5.41) is 9.25. The van der Waals surface area contributed by atoms with Gasteiger partial charge in [-0.15, -0.1) is 0 Å². The SMILES string of the molecule is CN1C(C)(C)C(C)(C)C(C)(C)C(C)(C)C1(C)C.CN1C(C)(C)C(C)(C)C(C)(C)C1(C)C.CN1C(C)(C)C(C)(C)N(C)C(C)(C)C1(C)C.CN1C(C)(C)C(C)(C)[N+](C)(C)C1(C)C.CN1C(C)(C)N(C)C(C)(C)N(C)C1(C)C.CN1N(C)C(C)(C)C(C)(C)C1(C)C.CN1N(C)C(C)(C)N(C)C1(C)C. The number of quaternary nitrogens is 1. The number of likely N-dealkylation sites (tertiary alicyclic amines) is 2. The van der Waals surface area contributed by atoms with Crippen LogP contribution in [0.1, 0.15) is 332 Å². The number of nitrogens with zero attached hydrogens (tertiary/aromatic N) is 14. The fourth-order valence-corrected chi connectivity index (χ4v) is 19.6. The van der Waals surface area contributed by atoms with Crippen molar-refractivity contribution < 1.29 is 4.48 Å². The lowest BCUT2D eigenvalue weighted by Crippen LogP contribution is -2.82. The van der Waals surface area contributed by atoms with E-state index in [1.807, 2.05) is 0 Å². The number of piperidine rings is 1. The Labute approximate surface area is 636 Å². The molecular weight excluding hydrogens is 1240 g/mol. The predicted molar refractivity (Wildman–Crippen MR) is 449 cm³/mol. The summed E-state index contributed by atoms with van der Waals surface area (Å²) in [7, 11) is 33.4. The summed E-state index contributed by atoms with van der Waals surface area (Å²) in [6.45, 7) is 113. The molecule has 0 aromatic rings. The Kier molecular flexibility index (Phi) is 26.5. The van der Waals surface area contributed by atoms with E-state index in [1.165, 1.54) is 0 Å². The Hall–Kier alpha value is -0.560. The molecule has 101 heavy (non-hydrogen) atoms. The van der Waals surface area contributed by atoms with Gasteiger partial charge in [0.2, 0.25) is 0 Å². The molecule has 606 valence electrons. The molecule has 14 nitrogen and oxygen atoms in total. The smallest absolute Gasteiger partial charge is 0.150 e. The van der Waals surface area contributed by atoms with Crippen LogP contribution in [0.4, 0.5) is 0 Å². The molecule has 0 unspecified atom stereocenters. The van der Waals surface area contributed by atoms with Crippen LogP contribution in [-0.2, 0) is 0 Å². The zero-order valence-electron chi connectivity index (χ0n) is 81.3. The first kappa shape index (κ1) is 98.4. The van der Waals surface area contributed by atoms with Gasteiger partial charge in [0.05, 0.1) is 47.9 Å². The zero-order chi connectivity index (χ0) is 83.0. The predicted octanol–water partition coefficient (Wildman–Crippen LogP) is 18.9. The van der Waals surface area contributed by atoms with E-state index in [-0.39, 0.29) is 122 Å². The van der Waals surface area contributed by atoms with Crippen molar-refractivity contribution in [3.05, 3.63) is 0 Å². The number of hydrazine groups is 2. The number of rotatable bonds is 0. The molecule has 0 spiro atoms. The summed E-state index contributed by atoms with van der Waals surface area (Å²) >= 11 is 0. The molecule has 7 aliphatic heterocycles. The lowest BCUT2D eigenvalue weighted by atomic mass is 9.41. The molecular formula is C87H189N14+. The van der Waals surface area contributed by atoms with Gasteiger partial charge in [0, 0.05) is 103 Å². The van der Waals surface area contributed by atoms with E-state index in [1.54, 1.807) is 0 Å². The molecule has 7 rings (SSSR count). The number of likely N-dealkylation sites (N-methyl/N-ethyl adjacent to an activating group) is 4. The van der Waals surface area contributed by atoms with Crippen LogP contribution in [-0.4, -0.2) is 275 Å². The molecule has 14 heteroatoms. The first-order chi connectivity index (χ1) is 43.0. The van der Waals surface area contributed by atoms with Crippen LogP contribution in [0.25, 0.3) is 0 Å². The van der Waals surface area contributed by atoms with E-state index in [4.69, 9.17) is 0 Å². The maximum Gasteiger partial charge on any atom is 0.150 e. The van der Waals surface area contributed by atoms with E-state index in [2.05, 4.69) is 502 Å². The van der Waals surface area contributed by atoms with Crippen molar-refractivity contribution in [1.29, 1.82) is 0 Å². The van der Waals surface area contributed by atoms with Gasteiger partial charge < -0.3 is 4.48 Å². The molecule has 7 heterocycles. The second-order valence-electron chi connectivity index (χ2n) is 46.0. The molecule has 0 aromatic heterocycles. The number of hydrogen-bond acceptors (Lipinski definition) is 13. The molecule has 0 saturated carbocycles. The highest BCUT2D eigenvalue weighted by Crippen LogP contribution is 2.67. The van der Waals surface area contributed by atoms with Gasteiger partial charge in [0.25, 0.3) is 0 Å².